The first-order valence-electron chi connectivity index (χ1n) is 12.9. The smallest absolute Gasteiger partial charge is 0.323 e. The van der Waals surface area contributed by atoms with Crippen LogP contribution in [0.5, 0.6) is 0 Å². The number of piperazine rings is 1. The lowest BCUT2D eigenvalue weighted by Gasteiger charge is -2.37. The number of aromatic nitrogens is 2. The van der Waals surface area contributed by atoms with Crippen molar-refractivity contribution >= 4 is 34.7 Å². The zero-order valence-electron chi connectivity index (χ0n) is 21.9. The summed E-state index contributed by atoms with van der Waals surface area (Å²) < 4.78 is 1.36. The van der Waals surface area contributed by atoms with Gasteiger partial charge in [0.15, 0.2) is 0 Å². The van der Waals surface area contributed by atoms with Crippen LogP contribution in [0.3, 0.4) is 0 Å². The Labute approximate surface area is 232 Å². The molecule has 9 heteroatoms. The number of nitrogens with zero attached hydrogens (tertiary/aromatic N) is 3. The van der Waals surface area contributed by atoms with Crippen molar-refractivity contribution in [2.75, 3.05) is 28.6 Å². The molecule has 0 saturated carbocycles. The Hall–Kier alpha value is -4.14. The zero-order valence-corrected chi connectivity index (χ0v) is 22.7. The molecule has 2 atom stereocenters. The van der Waals surface area contributed by atoms with Crippen molar-refractivity contribution in [1.29, 1.82) is 0 Å². The molecule has 2 amide bonds. The lowest BCUT2D eigenvalue weighted by molar-refractivity contribution is 0.262. The van der Waals surface area contributed by atoms with Crippen LogP contribution in [-0.2, 0) is 6.54 Å². The van der Waals surface area contributed by atoms with Crippen molar-refractivity contribution in [2.45, 2.75) is 32.5 Å². The van der Waals surface area contributed by atoms with E-state index in [1.807, 2.05) is 66.7 Å². The van der Waals surface area contributed by atoms with E-state index in [0.717, 1.165) is 29.8 Å². The molecule has 0 radical (unpaired) electrons. The number of amides is 2. The van der Waals surface area contributed by atoms with Crippen LogP contribution in [0.25, 0.3) is 11.1 Å². The highest BCUT2D eigenvalue weighted by molar-refractivity contribution is 6.33. The number of anilines is 3. The van der Waals surface area contributed by atoms with Crippen LogP contribution in [0.1, 0.15) is 19.4 Å². The number of benzene rings is 3. The summed E-state index contributed by atoms with van der Waals surface area (Å²) in [5.74, 6) is 0. The Bertz CT molecular complexity index is 1480. The van der Waals surface area contributed by atoms with Crippen molar-refractivity contribution in [3.63, 3.8) is 0 Å². The first-order chi connectivity index (χ1) is 18.9. The number of hydrogen-bond acceptors (Lipinski definition) is 5. The number of hydrogen-bond donors (Lipinski definition) is 3. The molecule has 200 valence electrons. The molecular weight excluding hydrogens is 512 g/mol. The van der Waals surface area contributed by atoms with E-state index in [4.69, 9.17) is 11.6 Å². The minimum atomic E-state index is -0.341. The van der Waals surface area contributed by atoms with E-state index in [1.165, 1.54) is 4.68 Å². The molecule has 1 fully saturated rings. The van der Waals surface area contributed by atoms with Gasteiger partial charge >= 0.3 is 6.03 Å². The molecule has 3 N–H and O–H groups in total. The van der Waals surface area contributed by atoms with Crippen LogP contribution in [0.15, 0.2) is 89.9 Å². The van der Waals surface area contributed by atoms with Crippen LogP contribution >= 0.6 is 11.6 Å². The van der Waals surface area contributed by atoms with Gasteiger partial charge in [0, 0.05) is 36.5 Å². The number of carbonyl (C=O) groups excluding carboxylic acids is 1. The fourth-order valence-corrected chi connectivity index (χ4v) is 5.12. The molecule has 1 aromatic heterocycles. The number of nitrogens with one attached hydrogen (secondary N) is 3. The first kappa shape index (κ1) is 26.5. The number of carbonyl (C=O) groups is 1. The Kier molecular flexibility index (Phi) is 7.95. The first-order valence-corrected chi connectivity index (χ1v) is 13.3. The summed E-state index contributed by atoms with van der Waals surface area (Å²) in [6.07, 6.45) is 1.67. The molecule has 1 aliphatic rings. The summed E-state index contributed by atoms with van der Waals surface area (Å²) in [7, 11) is 0. The van der Waals surface area contributed by atoms with Crippen LogP contribution in [0.4, 0.5) is 21.9 Å². The maximum Gasteiger partial charge on any atom is 0.323 e. The lowest BCUT2D eigenvalue weighted by atomic mass is 10.1. The quantitative estimate of drug-likeness (QED) is 0.302. The van der Waals surface area contributed by atoms with Gasteiger partial charge in [0.1, 0.15) is 5.02 Å². The van der Waals surface area contributed by atoms with Gasteiger partial charge in [0.2, 0.25) is 0 Å². The Balaban J connectivity index is 1.19. The molecule has 3 aromatic carbocycles. The zero-order chi connectivity index (χ0) is 27.4. The van der Waals surface area contributed by atoms with Crippen molar-refractivity contribution < 1.29 is 4.79 Å². The average molecular weight is 543 g/mol. The molecule has 2 unspecified atom stereocenters. The summed E-state index contributed by atoms with van der Waals surface area (Å²) in [4.78, 5) is 27.6. The van der Waals surface area contributed by atoms with Crippen molar-refractivity contribution in [3.05, 3.63) is 106 Å². The van der Waals surface area contributed by atoms with E-state index >= 15 is 0 Å². The third kappa shape index (κ3) is 6.47. The van der Waals surface area contributed by atoms with Crippen LogP contribution < -0.4 is 26.4 Å². The van der Waals surface area contributed by atoms with Gasteiger partial charge in [0.25, 0.3) is 5.56 Å². The van der Waals surface area contributed by atoms with Gasteiger partial charge in [-0.1, -0.05) is 66.2 Å². The van der Waals surface area contributed by atoms with Crippen molar-refractivity contribution in [3.8, 4) is 11.1 Å². The Morgan fingerprint density at radius 1 is 0.897 bits per heavy atom. The number of rotatable bonds is 6. The minimum absolute atomic E-state index is 0.179. The van der Waals surface area contributed by atoms with Gasteiger partial charge in [0.05, 0.1) is 18.4 Å². The average Bonchev–Trinajstić information content (AvgIpc) is 2.93. The molecule has 0 spiro atoms. The summed E-state index contributed by atoms with van der Waals surface area (Å²) in [6, 6.07) is 25.3. The largest absolute Gasteiger partial charge is 0.366 e. The van der Waals surface area contributed by atoms with Crippen LogP contribution in [0.2, 0.25) is 5.02 Å². The topological polar surface area (TPSA) is 91.3 Å². The highest BCUT2D eigenvalue weighted by atomic mass is 35.5. The highest BCUT2D eigenvalue weighted by Gasteiger charge is 2.24. The fraction of sp³-hybridized carbons (Fsp3) is 0.233. The predicted octanol–water partition coefficient (Wildman–Crippen LogP) is 5.44. The van der Waals surface area contributed by atoms with Gasteiger partial charge in [-0.15, -0.1) is 0 Å². The Morgan fingerprint density at radius 2 is 1.46 bits per heavy atom. The summed E-state index contributed by atoms with van der Waals surface area (Å²) in [5.41, 5.74) is 4.72. The van der Waals surface area contributed by atoms with E-state index in [1.54, 1.807) is 18.3 Å². The Morgan fingerprint density at radius 3 is 2.08 bits per heavy atom. The van der Waals surface area contributed by atoms with E-state index in [9.17, 15) is 9.59 Å². The summed E-state index contributed by atoms with van der Waals surface area (Å²) in [5, 5.41) is 13.7. The molecule has 5 rings (SSSR count). The lowest BCUT2D eigenvalue weighted by Crippen LogP contribution is -2.54. The van der Waals surface area contributed by atoms with E-state index < -0.39 is 0 Å². The monoisotopic (exact) mass is 542 g/mol. The van der Waals surface area contributed by atoms with E-state index in [2.05, 4.69) is 39.8 Å². The molecule has 2 heterocycles. The number of urea groups is 1. The third-order valence-corrected chi connectivity index (χ3v) is 7.01. The van der Waals surface area contributed by atoms with E-state index in [0.29, 0.717) is 29.1 Å². The fourth-order valence-electron chi connectivity index (χ4n) is 4.85. The van der Waals surface area contributed by atoms with Crippen molar-refractivity contribution in [1.82, 2.24) is 15.1 Å². The molecule has 39 heavy (non-hydrogen) atoms. The van der Waals surface area contributed by atoms with Gasteiger partial charge in [-0.2, -0.15) is 5.10 Å². The second-order valence-electron chi connectivity index (χ2n) is 9.90. The summed E-state index contributed by atoms with van der Waals surface area (Å²) >= 11 is 6.49. The molecule has 8 nitrogen and oxygen atoms in total. The molecule has 0 bridgehead atoms. The van der Waals surface area contributed by atoms with Crippen molar-refractivity contribution in [2.24, 2.45) is 0 Å². The van der Waals surface area contributed by atoms with Gasteiger partial charge < -0.3 is 20.9 Å². The van der Waals surface area contributed by atoms with Gasteiger partial charge in [-0.05, 0) is 54.8 Å². The normalized spacial score (nSPS) is 17.1. The minimum Gasteiger partial charge on any atom is -0.366 e. The number of halogens is 1. The third-order valence-electron chi connectivity index (χ3n) is 6.66. The summed E-state index contributed by atoms with van der Waals surface area (Å²) in [6.45, 7) is 6.01. The second-order valence-corrected chi connectivity index (χ2v) is 10.3. The maximum absolute atomic E-state index is 12.9. The second kappa shape index (κ2) is 11.7. The molecule has 4 aromatic rings. The predicted molar refractivity (Wildman–Crippen MR) is 158 cm³/mol. The molecule has 0 aliphatic carbocycles. The van der Waals surface area contributed by atoms with Crippen LogP contribution in [-0.4, -0.2) is 41.0 Å². The molecule has 1 aliphatic heterocycles. The molecular formula is C30H31ClN6O2. The maximum atomic E-state index is 12.9. The van der Waals surface area contributed by atoms with E-state index in [-0.39, 0.29) is 23.2 Å². The molecule has 1 saturated heterocycles. The standard InChI is InChI=1S/C30H31ClN6O2/c1-20-17-36(18-21(2)33-20)27-16-32-37(29(38)28(27)31)19-22-8-12-25(13-9-22)34-30(39)35-26-14-10-24(11-15-26)23-6-4-3-5-7-23/h3-16,20-21,33H,17-19H2,1-2H3,(H2,34,35,39). The van der Waals surface area contributed by atoms with Crippen LogP contribution in [0, 0.1) is 0 Å². The van der Waals surface area contributed by atoms with Gasteiger partial charge in [-0.25, -0.2) is 9.48 Å². The highest BCUT2D eigenvalue weighted by Crippen LogP contribution is 2.24. The van der Waals surface area contributed by atoms with Gasteiger partial charge in [-0.3, -0.25) is 4.79 Å². The SMILES string of the molecule is CC1CN(c2cnn(Cc3ccc(NC(=O)Nc4ccc(-c5ccccc5)cc4)cc3)c(=O)c2Cl)CC(C)N1.